The smallest absolute Gasteiger partial charge is 0.230 e. The first-order chi connectivity index (χ1) is 10.1. The summed E-state index contributed by atoms with van der Waals surface area (Å²) in [4.78, 5) is 24.4. The highest BCUT2D eigenvalue weighted by atomic mass is 16.2. The first-order valence-corrected chi connectivity index (χ1v) is 7.97. The normalized spacial score (nSPS) is 27.0. The maximum absolute atomic E-state index is 12.5. The fraction of sp³-hybridized carbons (Fsp3) is 0.556. The number of carbonyl (C=O) groups excluding carboxylic acids is 2. The Labute approximate surface area is 126 Å². The molecule has 21 heavy (non-hydrogen) atoms. The second-order valence-corrected chi connectivity index (χ2v) is 6.60. The summed E-state index contributed by atoms with van der Waals surface area (Å²) in [6, 6.07) is 6.22. The number of aryl methyl sites for hydroxylation is 2. The van der Waals surface area contributed by atoms with Gasteiger partial charge in [0, 0.05) is 18.3 Å². The number of imide groups is 1. The van der Waals surface area contributed by atoms with Crippen molar-refractivity contribution in [3.8, 4) is 0 Å². The van der Waals surface area contributed by atoms with Gasteiger partial charge >= 0.3 is 0 Å². The molecular weight excluding hydrogens is 262 g/mol. The topological polar surface area (TPSA) is 46.2 Å². The maximum Gasteiger partial charge on any atom is 0.230 e. The largest absolute Gasteiger partial charge is 0.296 e. The number of amides is 2. The van der Waals surface area contributed by atoms with Crippen LogP contribution in [-0.4, -0.2) is 11.8 Å². The Kier molecular flexibility index (Phi) is 3.83. The zero-order valence-corrected chi connectivity index (χ0v) is 12.8. The number of hydrogen-bond donors (Lipinski definition) is 1. The molecule has 1 aromatic rings. The molecule has 2 aliphatic rings. The van der Waals surface area contributed by atoms with E-state index in [4.69, 9.17) is 0 Å². The Morgan fingerprint density at radius 2 is 1.67 bits per heavy atom. The van der Waals surface area contributed by atoms with E-state index in [9.17, 15) is 9.59 Å². The minimum Gasteiger partial charge on any atom is -0.296 e. The van der Waals surface area contributed by atoms with Gasteiger partial charge in [0.2, 0.25) is 11.8 Å². The first kappa shape index (κ1) is 14.3. The molecule has 2 amide bonds. The van der Waals surface area contributed by atoms with Crippen molar-refractivity contribution in [2.24, 2.45) is 11.8 Å². The van der Waals surface area contributed by atoms with Crippen molar-refractivity contribution in [2.45, 2.75) is 51.9 Å². The molecular formula is C18H23NO2. The van der Waals surface area contributed by atoms with Gasteiger partial charge in [0.25, 0.3) is 0 Å². The third-order valence-electron chi connectivity index (χ3n) is 5.22. The summed E-state index contributed by atoms with van der Waals surface area (Å²) in [6.45, 7) is 4.18. The van der Waals surface area contributed by atoms with Crippen molar-refractivity contribution in [1.82, 2.24) is 5.32 Å². The first-order valence-electron chi connectivity index (χ1n) is 7.97. The zero-order valence-electron chi connectivity index (χ0n) is 12.8. The van der Waals surface area contributed by atoms with Crippen LogP contribution in [0, 0.1) is 25.7 Å². The van der Waals surface area contributed by atoms with E-state index in [0.29, 0.717) is 12.3 Å². The molecule has 2 fully saturated rings. The molecule has 1 saturated carbocycles. The van der Waals surface area contributed by atoms with Crippen LogP contribution in [0.1, 0.15) is 54.7 Å². The summed E-state index contributed by atoms with van der Waals surface area (Å²) in [7, 11) is 0. The zero-order chi connectivity index (χ0) is 15.0. The fourth-order valence-corrected chi connectivity index (χ4v) is 4.33. The van der Waals surface area contributed by atoms with Crippen molar-refractivity contribution in [1.29, 1.82) is 0 Å². The number of nitrogens with one attached hydrogen (secondary N) is 1. The second-order valence-electron chi connectivity index (χ2n) is 6.60. The van der Waals surface area contributed by atoms with E-state index in [-0.39, 0.29) is 23.7 Å². The van der Waals surface area contributed by atoms with Crippen LogP contribution in [0.4, 0.5) is 0 Å². The van der Waals surface area contributed by atoms with Crippen molar-refractivity contribution >= 4 is 11.8 Å². The van der Waals surface area contributed by atoms with E-state index in [2.05, 4.69) is 31.3 Å². The van der Waals surface area contributed by atoms with Crippen LogP contribution in [0.2, 0.25) is 0 Å². The molecule has 2 atom stereocenters. The van der Waals surface area contributed by atoms with Gasteiger partial charge in [-0.3, -0.25) is 14.9 Å². The summed E-state index contributed by atoms with van der Waals surface area (Å²) in [6.07, 6.45) is 5.10. The van der Waals surface area contributed by atoms with Crippen LogP contribution in [-0.2, 0) is 9.59 Å². The van der Waals surface area contributed by atoms with Gasteiger partial charge in [-0.25, -0.2) is 0 Å². The lowest BCUT2D eigenvalue weighted by molar-refractivity contribution is -0.138. The van der Waals surface area contributed by atoms with Crippen LogP contribution in [0.25, 0.3) is 0 Å². The summed E-state index contributed by atoms with van der Waals surface area (Å²) in [5, 5.41) is 2.57. The number of rotatable bonds is 2. The average molecular weight is 285 g/mol. The maximum atomic E-state index is 12.5. The quantitative estimate of drug-likeness (QED) is 0.848. The molecule has 1 aliphatic carbocycles. The number of piperidine rings is 1. The van der Waals surface area contributed by atoms with Gasteiger partial charge in [-0.2, -0.15) is 0 Å². The van der Waals surface area contributed by atoms with Crippen molar-refractivity contribution in [3.05, 3.63) is 34.9 Å². The van der Waals surface area contributed by atoms with Crippen LogP contribution in [0.3, 0.4) is 0 Å². The van der Waals surface area contributed by atoms with Gasteiger partial charge < -0.3 is 0 Å². The molecule has 2 unspecified atom stereocenters. The van der Waals surface area contributed by atoms with Crippen LogP contribution < -0.4 is 5.32 Å². The second kappa shape index (κ2) is 5.63. The van der Waals surface area contributed by atoms with E-state index >= 15 is 0 Å². The van der Waals surface area contributed by atoms with Gasteiger partial charge in [-0.05, 0) is 49.3 Å². The van der Waals surface area contributed by atoms with E-state index < -0.39 is 0 Å². The third-order valence-corrected chi connectivity index (χ3v) is 5.22. The number of benzene rings is 1. The standard InChI is InChI=1S/C18H23NO2/c1-11-6-5-7-12(2)16(11)14-10-15(20)19-18(21)17(14)13-8-3-4-9-13/h5-7,13-14,17H,3-4,8-10H2,1-2H3,(H,19,20,21). The van der Waals surface area contributed by atoms with Crippen molar-refractivity contribution in [2.75, 3.05) is 0 Å². The van der Waals surface area contributed by atoms with E-state index in [1.165, 1.54) is 29.5 Å². The van der Waals surface area contributed by atoms with Crippen LogP contribution in [0.5, 0.6) is 0 Å². The lowest BCUT2D eigenvalue weighted by atomic mass is 9.71. The molecule has 1 N–H and O–H groups in total. The molecule has 3 rings (SSSR count). The van der Waals surface area contributed by atoms with Crippen LogP contribution >= 0.6 is 0 Å². The minimum atomic E-state index is -0.123. The van der Waals surface area contributed by atoms with E-state index in [1.54, 1.807) is 0 Å². The Bertz CT molecular complexity index is 552. The van der Waals surface area contributed by atoms with Gasteiger partial charge in [-0.15, -0.1) is 0 Å². The molecule has 0 radical (unpaired) electrons. The highest BCUT2D eigenvalue weighted by Crippen LogP contribution is 2.44. The molecule has 1 saturated heterocycles. The van der Waals surface area contributed by atoms with Crippen molar-refractivity contribution < 1.29 is 9.59 Å². The molecule has 112 valence electrons. The summed E-state index contributed by atoms with van der Waals surface area (Å²) in [5.41, 5.74) is 3.62. The highest BCUT2D eigenvalue weighted by Gasteiger charge is 2.43. The molecule has 0 spiro atoms. The summed E-state index contributed by atoms with van der Waals surface area (Å²) < 4.78 is 0. The Balaban J connectivity index is 2.02. The molecule has 1 aromatic carbocycles. The van der Waals surface area contributed by atoms with Gasteiger partial charge in [0.15, 0.2) is 0 Å². The predicted molar refractivity (Wildman–Crippen MR) is 81.9 cm³/mol. The third kappa shape index (κ3) is 2.61. The molecule has 0 aromatic heterocycles. The van der Waals surface area contributed by atoms with E-state index in [0.717, 1.165) is 12.8 Å². The minimum absolute atomic E-state index is 0.0370. The summed E-state index contributed by atoms with van der Waals surface area (Å²) in [5.74, 6) is 0.273. The Morgan fingerprint density at radius 3 is 2.29 bits per heavy atom. The molecule has 3 nitrogen and oxygen atoms in total. The monoisotopic (exact) mass is 285 g/mol. The van der Waals surface area contributed by atoms with Gasteiger partial charge in [0.05, 0.1) is 0 Å². The lowest BCUT2D eigenvalue weighted by Crippen LogP contribution is -2.47. The van der Waals surface area contributed by atoms with Crippen molar-refractivity contribution in [3.63, 3.8) is 0 Å². The fourth-order valence-electron chi connectivity index (χ4n) is 4.33. The van der Waals surface area contributed by atoms with Gasteiger partial charge in [0.1, 0.15) is 0 Å². The van der Waals surface area contributed by atoms with E-state index in [1.807, 2.05) is 6.07 Å². The highest BCUT2D eigenvalue weighted by molar-refractivity contribution is 6.00. The lowest BCUT2D eigenvalue weighted by Gasteiger charge is -2.35. The number of hydrogen-bond acceptors (Lipinski definition) is 2. The average Bonchev–Trinajstić information content (AvgIpc) is 2.91. The molecule has 0 bridgehead atoms. The van der Waals surface area contributed by atoms with Crippen LogP contribution in [0.15, 0.2) is 18.2 Å². The summed E-state index contributed by atoms with van der Waals surface area (Å²) >= 11 is 0. The molecule has 1 heterocycles. The Hall–Kier alpha value is -1.64. The predicted octanol–water partition coefficient (Wildman–Crippen LogP) is 3.24. The molecule has 1 aliphatic heterocycles. The SMILES string of the molecule is Cc1cccc(C)c1C1CC(=O)NC(=O)C1C1CCCC1. The number of carbonyl (C=O) groups is 2. The van der Waals surface area contributed by atoms with Gasteiger partial charge in [-0.1, -0.05) is 31.0 Å². The molecule has 3 heteroatoms. The Morgan fingerprint density at radius 1 is 1.05 bits per heavy atom.